The Morgan fingerprint density at radius 2 is 2.12 bits per heavy atom. The van der Waals surface area contributed by atoms with Crippen LogP contribution in [0.2, 0.25) is 0 Å². The summed E-state index contributed by atoms with van der Waals surface area (Å²) in [7, 11) is 1.67. The van der Waals surface area contributed by atoms with E-state index in [1.807, 2.05) is 30.5 Å². The fourth-order valence-corrected chi connectivity index (χ4v) is 4.48. The maximum atomic E-state index is 11.2. The van der Waals surface area contributed by atoms with Crippen molar-refractivity contribution in [1.82, 2.24) is 24.1 Å². The summed E-state index contributed by atoms with van der Waals surface area (Å²) in [5.41, 5.74) is 2.84. The molecule has 3 heterocycles. The summed E-state index contributed by atoms with van der Waals surface area (Å²) in [6.45, 7) is 2.60. The Hall–Kier alpha value is -3.24. The minimum absolute atomic E-state index is 0.0815. The topological polar surface area (TPSA) is 100 Å². The third-order valence-electron chi connectivity index (χ3n) is 5.21. The molecule has 1 saturated carbocycles. The van der Waals surface area contributed by atoms with Crippen molar-refractivity contribution >= 4 is 35.2 Å². The van der Waals surface area contributed by atoms with Crippen molar-refractivity contribution in [2.75, 3.05) is 17.7 Å². The molecule has 0 radical (unpaired) electrons. The van der Waals surface area contributed by atoms with Crippen LogP contribution in [0.3, 0.4) is 0 Å². The fraction of sp³-hybridized carbons (Fsp3) is 0.318. The van der Waals surface area contributed by atoms with E-state index in [4.69, 9.17) is 9.72 Å². The van der Waals surface area contributed by atoms with Crippen LogP contribution in [0.25, 0.3) is 5.82 Å². The summed E-state index contributed by atoms with van der Waals surface area (Å²) in [5.74, 6) is 3.11. The molecule has 1 aromatic carbocycles. The summed E-state index contributed by atoms with van der Waals surface area (Å²) in [4.78, 5) is 17.0. The first kappa shape index (κ1) is 20.7. The van der Waals surface area contributed by atoms with Gasteiger partial charge < -0.3 is 19.7 Å². The number of rotatable bonds is 8. The quantitative estimate of drug-likeness (QED) is 0.446. The molecule has 9 nitrogen and oxygen atoms in total. The van der Waals surface area contributed by atoms with Gasteiger partial charge in [-0.15, -0.1) is 0 Å². The van der Waals surface area contributed by atoms with Crippen LogP contribution in [0.4, 0.5) is 11.5 Å². The number of H-pyrrole nitrogens is 1. The standard InChI is InChI=1S/C22H25N7O2S/c1-14(30)23-16-5-7-18(8-6-16)32-28-11-21-24-17(13-31-2)10-29(21)22(12-28)25-20-9-19(26-27-20)15-3-4-15/h5-10,12,15H,3-4,11,13H2,1-2H3,(H,23,30)(H2,25,26,27). The van der Waals surface area contributed by atoms with Gasteiger partial charge >= 0.3 is 0 Å². The highest BCUT2D eigenvalue weighted by Gasteiger charge is 2.26. The normalized spacial score (nSPS) is 15.3. The van der Waals surface area contributed by atoms with E-state index >= 15 is 0 Å². The Morgan fingerprint density at radius 1 is 1.31 bits per heavy atom. The first-order chi connectivity index (χ1) is 15.6. The van der Waals surface area contributed by atoms with Crippen molar-refractivity contribution in [3.63, 3.8) is 0 Å². The molecule has 32 heavy (non-hydrogen) atoms. The van der Waals surface area contributed by atoms with Crippen LogP contribution in [0.1, 0.15) is 42.9 Å². The molecule has 0 spiro atoms. The molecular formula is C22H25N7O2S. The van der Waals surface area contributed by atoms with Crippen molar-refractivity contribution in [2.45, 2.75) is 43.7 Å². The zero-order chi connectivity index (χ0) is 22.1. The second-order valence-corrected chi connectivity index (χ2v) is 9.07. The number of methoxy groups -OCH3 is 1. The number of nitrogens with one attached hydrogen (secondary N) is 3. The molecule has 0 bridgehead atoms. The van der Waals surface area contributed by atoms with Crippen LogP contribution in [0, 0.1) is 0 Å². The Morgan fingerprint density at radius 3 is 2.84 bits per heavy atom. The Bertz CT molecular complexity index is 1150. The molecule has 0 atom stereocenters. The number of nitrogens with zero attached hydrogens (tertiary/aromatic N) is 4. The Balaban J connectivity index is 1.37. The highest BCUT2D eigenvalue weighted by molar-refractivity contribution is 7.97. The number of imidazole rings is 1. The van der Waals surface area contributed by atoms with Crippen molar-refractivity contribution < 1.29 is 9.53 Å². The van der Waals surface area contributed by atoms with Gasteiger partial charge in [-0.3, -0.25) is 14.5 Å². The van der Waals surface area contributed by atoms with Crippen LogP contribution >= 0.6 is 11.9 Å². The molecule has 1 aliphatic heterocycles. The van der Waals surface area contributed by atoms with Gasteiger partial charge in [-0.05, 0) is 49.1 Å². The summed E-state index contributed by atoms with van der Waals surface area (Å²) >= 11 is 1.60. The molecule has 166 valence electrons. The number of hydrogen-bond acceptors (Lipinski definition) is 7. The average Bonchev–Trinajstić information content (AvgIpc) is 3.36. The van der Waals surface area contributed by atoms with Gasteiger partial charge in [0.1, 0.15) is 11.6 Å². The largest absolute Gasteiger partial charge is 0.378 e. The smallest absolute Gasteiger partial charge is 0.221 e. The highest BCUT2D eigenvalue weighted by atomic mass is 32.2. The summed E-state index contributed by atoms with van der Waals surface area (Å²) in [6, 6.07) is 9.86. The zero-order valence-electron chi connectivity index (χ0n) is 18.0. The van der Waals surface area contributed by atoms with Crippen LogP contribution in [0.5, 0.6) is 0 Å². The molecule has 0 saturated heterocycles. The molecule has 2 aliphatic rings. The number of anilines is 2. The van der Waals surface area contributed by atoms with Crippen molar-refractivity contribution in [2.24, 2.45) is 0 Å². The van der Waals surface area contributed by atoms with E-state index in [9.17, 15) is 4.79 Å². The van der Waals surface area contributed by atoms with Crippen LogP contribution in [-0.4, -0.2) is 37.1 Å². The van der Waals surface area contributed by atoms with Crippen molar-refractivity contribution in [1.29, 1.82) is 0 Å². The van der Waals surface area contributed by atoms with Crippen molar-refractivity contribution in [3.8, 4) is 0 Å². The lowest BCUT2D eigenvalue weighted by Crippen LogP contribution is -2.23. The van der Waals surface area contributed by atoms with E-state index < -0.39 is 0 Å². The number of amides is 1. The third-order valence-corrected chi connectivity index (χ3v) is 6.16. The monoisotopic (exact) mass is 451 g/mol. The first-order valence-electron chi connectivity index (χ1n) is 10.5. The molecule has 1 fully saturated rings. The molecular weight excluding hydrogens is 426 g/mol. The molecule has 3 aromatic rings. The maximum absolute atomic E-state index is 11.2. The number of carbonyl (C=O) groups is 1. The number of aromatic amines is 1. The zero-order valence-corrected chi connectivity index (χ0v) is 18.8. The SMILES string of the molecule is COCc1cn2c(n1)CN(Sc1ccc(NC(C)=O)cc1)C=C2Nc1cc(C2CC2)[nH]n1. The first-order valence-corrected chi connectivity index (χ1v) is 11.3. The second-order valence-electron chi connectivity index (χ2n) is 7.95. The molecule has 1 amide bonds. The minimum Gasteiger partial charge on any atom is -0.378 e. The van der Waals surface area contributed by atoms with E-state index in [0.717, 1.165) is 33.7 Å². The van der Waals surface area contributed by atoms with Crippen LogP contribution < -0.4 is 10.6 Å². The average molecular weight is 452 g/mol. The number of ether oxygens (including phenoxy) is 1. The van der Waals surface area contributed by atoms with E-state index in [2.05, 4.69) is 42.0 Å². The molecule has 10 heteroatoms. The predicted molar refractivity (Wildman–Crippen MR) is 124 cm³/mol. The van der Waals surface area contributed by atoms with Gasteiger partial charge in [-0.25, -0.2) is 4.98 Å². The molecule has 1 aliphatic carbocycles. The molecule has 0 unspecified atom stereocenters. The Kier molecular flexibility index (Phi) is 5.62. The van der Waals surface area contributed by atoms with E-state index in [-0.39, 0.29) is 5.91 Å². The van der Waals surface area contributed by atoms with Gasteiger partial charge in [0.25, 0.3) is 0 Å². The lowest BCUT2D eigenvalue weighted by molar-refractivity contribution is -0.114. The van der Waals surface area contributed by atoms with Gasteiger partial charge in [0.2, 0.25) is 5.91 Å². The number of fused-ring (bicyclic) bond motifs is 1. The lowest BCUT2D eigenvalue weighted by Gasteiger charge is -2.26. The van der Waals surface area contributed by atoms with E-state index in [0.29, 0.717) is 19.1 Å². The van der Waals surface area contributed by atoms with Gasteiger partial charge in [0.15, 0.2) is 5.82 Å². The fourth-order valence-electron chi connectivity index (χ4n) is 3.62. The van der Waals surface area contributed by atoms with Gasteiger partial charge in [0.05, 0.1) is 25.0 Å². The van der Waals surface area contributed by atoms with E-state index in [1.165, 1.54) is 25.5 Å². The minimum atomic E-state index is -0.0815. The van der Waals surface area contributed by atoms with Crippen LogP contribution in [0.15, 0.2) is 47.6 Å². The predicted octanol–water partition coefficient (Wildman–Crippen LogP) is 3.98. The lowest BCUT2D eigenvalue weighted by atomic mass is 10.3. The van der Waals surface area contributed by atoms with Gasteiger partial charge in [0, 0.05) is 48.5 Å². The number of hydrogen-bond donors (Lipinski definition) is 3. The summed E-state index contributed by atoms with van der Waals surface area (Å²) in [6.07, 6.45) is 6.50. The van der Waals surface area contributed by atoms with Gasteiger partial charge in [-0.1, -0.05) is 0 Å². The molecule has 3 N–H and O–H groups in total. The summed E-state index contributed by atoms with van der Waals surface area (Å²) in [5, 5.41) is 13.8. The van der Waals surface area contributed by atoms with Crippen LogP contribution in [-0.2, 0) is 22.7 Å². The van der Waals surface area contributed by atoms with Crippen molar-refractivity contribution in [3.05, 3.63) is 59.9 Å². The number of carbonyl (C=O) groups excluding carboxylic acids is 1. The number of benzene rings is 1. The van der Waals surface area contributed by atoms with E-state index in [1.54, 1.807) is 19.1 Å². The highest BCUT2D eigenvalue weighted by Crippen LogP contribution is 2.40. The third kappa shape index (κ3) is 4.66. The second kappa shape index (κ2) is 8.71. The Labute approximate surface area is 190 Å². The van der Waals surface area contributed by atoms with Gasteiger partial charge in [-0.2, -0.15) is 5.10 Å². The maximum Gasteiger partial charge on any atom is 0.221 e. The molecule has 5 rings (SSSR count). The number of aromatic nitrogens is 4. The molecule has 2 aromatic heterocycles. The summed E-state index contributed by atoms with van der Waals surface area (Å²) < 4.78 is 9.46.